The molecule has 18 heavy (non-hydrogen) atoms. The van der Waals surface area contributed by atoms with E-state index in [-0.39, 0.29) is 6.54 Å². The Kier molecular flexibility index (Phi) is 3.83. The van der Waals surface area contributed by atoms with Gasteiger partial charge >= 0.3 is 0 Å². The fourth-order valence-corrected chi connectivity index (χ4v) is 2.00. The second-order valence-corrected chi connectivity index (χ2v) is 4.64. The third-order valence-electron chi connectivity index (χ3n) is 2.54. The molecule has 0 aliphatic carbocycles. The fourth-order valence-electron chi connectivity index (χ4n) is 1.67. The number of aliphatic hydroxyl groups excluding tert-OH is 2. The number of aromatic amines is 1. The van der Waals surface area contributed by atoms with Gasteiger partial charge in [-0.2, -0.15) is 0 Å². The van der Waals surface area contributed by atoms with Gasteiger partial charge < -0.3 is 15.2 Å². The second kappa shape index (κ2) is 5.36. The Morgan fingerprint density at radius 3 is 3.06 bits per heavy atom. The van der Waals surface area contributed by atoms with Crippen LogP contribution < -0.4 is 0 Å². The number of rotatable bonds is 4. The van der Waals surface area contributed by atoms with Crippen LogP contribution in [0.15, 0.2) is 28.0 Å². The van der Waals surface area contributed by atoms with Gasteiger partial charge in [-0.15, -0.1) is 0 Å². The van der Waals surface area contributed by atoms with Crippen molar-refractivity contribution in [1.29, 1.82) is 0 Å². The number of azide groups is 1. The van der Waals surface area contributed by atoms with Crippen molar-refractivity contribution in [1.82, 2.24) is 9.97 Å². The van der Waals surface area contributed by atoms with Gasteiger partial charge in [0.15, 0.2) is 0 Å². The average molecular weight is 312 g/mol. The van der Waals surface area contributed by atoms with Gasteiger partial charge in [-0.3, -0.25) is 0 Å². The quantitative estimate of drug-likeness (QED) is 0.455. The van der Waals surface area contributed by atoms with Crippen molar-refractivity contribution in [2.24, 2.45) is 5.11 Å². The largest absolute Gasteiger partial charge is 0.390 e. The van der Waals surface area contributed by atoms with Crippen molar-refractivity contribution in [2.75, 3.05) is 6.54 Å². The summed E-state index contributed by atoms with van der Waals surface area (Å²) in [5.41, 5.74) is 9.31. The van der Waals surface area contributed by atoms with E-state index in [1.54, 1.807) is 18.5 Å². The maximum absolute atomic E-state index is 10.00. The van der Waals surface area contributed by atoms with Crippen molar-refractivity contribution in [3.05, 3.63) is 38.9 Å². The normalized spacial score (nSPS) is 14.2. The third-order valence-corrected chi connectivity index (χ3v) is 2.98. The Labute approximate surface area is 110 Å². The number of nitrogens with one attached hydrogen (secondary N) is 1. The van der Waals surface area contributed by atoms with E-state index in [1.165, 1.54) is 0 Å². The van der Waals surface area contributed by atoms with E-state index < -0.39 is 12.2 Å². The Balaban J connectivity index is 2.35. The number of H-pyrrole nitrogens is 1. The molecule has 0 fully saturated rings. The minimum absolute atomic E-state index is 0.189. The Hall–Kier alpha value is -1.60. The molecule has 8 heteroatoms. The van der Waals surface area contributed by atoms with E-state index in [9.17, 15) is 10.2 Å². The van der Waals surface area contributed by atoms with Crippen LogP contribution in [0.5, 0.6) is 0 Å². The van der Waals surface area contributed by atoms with Crippen LogP contribution in [0.2, 0.25) is 0 Å². The van der Waals surface area contributed by atoms with Gasteiger partial charge in [0.05, 0.1) is 12.6 Å². The van der Waals surface area contributed by atoms with Crippen molar-refractivity contribution in [3.8, 4) is 0 Å². The lowest BCUT2D eigenvalue weighted by molar-refractivity contribution is 0.0253. The molecule has 0 saturated carbocycles. The van der Waals surface area contributed by atoms with Crippen molar-refractivity contribution >= 4 is 27.0 Å². The Morgan fingerprint density at radius 2 is 2.33 bits per heavy atom. The number of fused-ring (bicyclic) bond motifs is 1. The lowest BCUT2D eigenvalue weighted by atomic mass is 10.0. The number of aliphatic hydroxyl groups is 2. The zero-order valence-electron chi connectivity index (χ0n) is 9.16. The second-order valence-electron chi connectivity index (χ2n) is 3.72. The summed E-state index contributed by atoms with van der Waals surface area (Å²) in [6.45, 7) is -0.189. The molecule has 2 atom stereocenters. The van der Waals surface area contributed by atoms with Crippen LogP contribution in [-0.4, -0.2) is 32.8 Å². The molecule has 2 heterocycles. The first-order valence-electron chi connectivity index (χ1n) is 5.13. The number of aromatic nitrogens is 2. The lowest BCUT2D eigenvalue weighted by Crippen LogP contribution is -2.20. The first kappa shape index (κ1) is 12.8. The zero-order valence-corrected chi connectivity index (χ0v) is 10.7. The summed E-state index contributed by atoms with van der Waals surface area (Å²) in [5, 5.41) is 23.6. The van der Waals surface area contributed by atoms with Crippen LogP contribution in [0.4, 0.5) is 0 Å². The summed E-state index contributed by atoms with van der Waals surface area (Å²) < 4.78 is 0.771. The minimum atomic E-state index is -1.15. The number of nitrogens with zero attached hydrogens (tertiary/aromatic N) is 4. The highest BCUT2D eigenvalue weighted by Gasteiger charge is 2.21. The lowest BCUT2D eigenvalue weighted by Gasteiger charge is -2.15. The Bertz CT molecular complexity index is 607. The van der Waals surface area contributed by atoms with Crippen molar-refractivity contribution in [3.63, 3.8) is 0 Å². The SMILES string of the molecule is [N-]=[N+]=NCC(O)C(O)c1c[nH]c2ncc(Br)cc12. The van der Waals surface area contributed by atoms with Crippen LogP contribution in [0.25, 0.3) is 21.5 Å². The smallest absolute Gasteiger partial charge is 0.137 e. The molecule has 0 spiro atoms. The third kappa shape index (κ3) is 2.46. The predicted molar refractivity (Wildman–Crippen MR) is 68.8 cm³/mol. The van der Waals surface area contributed by atoms with Crippen molar-refractivity contribution < 1.29 is 10.2 Å². The predicted octanol–water partition coefficient (Wildman–Crippen LogP) is 2.03. The van der Waals surface area contributed by atoms with Gasteiger partial charge in [-0.25, -0.2) is 4.98 Å². The molecular formula is C10H10BrN5O2. The molecule has 0 radical (unpaired) electrons. The maximum Gasteiger partial charge on any atom is 0.137 e. The van der Waals surface area contributed by atoms with E-state index in [4.69, 9.17) is 5.53 Å². The van der Waals surface area contributed by atoms with E-state index in [2.05, 4.69) is 35.9 Å². The van der Waals surface area contributed by atoms with Crippen LogP contribution in [0, 0.1) is 0 Å². The molecule has 2 unspecified atom stereocenters. The topological polar surface area (TPSA) is 118 Å². The molecule has 2 aromatic rings. The molecule has 0 saturated heterocycles. The minimum Gasteiger partial charge on any atom is -0.390 e. The zero-order chi connectivity index (χ0) is 13.1. The van der Waals surface area contributed by atoms with Gasteiger partial charge in [-0.05, 0) is 27.5 Å². The maximum atomic E-state index is 10.00. The van der Waals surface area contributed by atoms with Gasteiger partial charge in [0.25, 0.3) is 0 Å². The van der Waals surface area contributed by atoms with Gasteiger partial charge in [0.1, 0.15) is 11.8 Å². The van der Waals surface area contributed by atoms with Crippen LogP contribution in [0.1, 0.15) is 11.7 Å². The average Bonchev–Trinajstić information content (AvgIpc) is 2.77. The summed E-state index contributed by atoms with van der Waals surface area (Å²) in [5.74, 6) is 0. The molecule has 0 bridgehead atoms. The van der Waals surface area contributed by atoms with Crippen LogP contribution >= 0.6 is 15.9 Å². The van der Waals surface area contributed by atoms with E-state index >= 15 is 0 Å². The number of hydrogen-bond acceptors (Lipinski definition) is 4. The standard InChI is InChI=1S/C10H10BrN5O2/c11-5-1-6-7(3-14-10(6)13-2-5)9(18)8(17)4-15-16-12/h1-3,8-9,17-18H,4H2,(H,13,14). The molecule has 3 N–H and O–H groups in total. The van der Waals surface area contributed by atoms with E-state index in [1.807, 2.05) is 0 Å². The molecule has 2 aromatic heterocycles. The molecule has 0 aliphatic rings. The molecule has 0 aromatic carbocycles. The van der Waals surface area contributed by atoms with Gasteiger partial charge in [-0.1, -0.05) is 5.11 Å². The number of hydrogen-bond donors (Lipinski definition) is 3. The molecule has 2 rings (SSSR count). The number of pyridine rings is 1. The van der Waals surface area contributed by atoms with E-state index in [0.717, 1.165) is 4.47 Å². The fraction of sp³-hybridized carbons (Fsp3) is 0.300. The molecule has 94 valence electrons. The first-order chi connectivity index (χ1) is 8.63. The van der Waals surface area contributed by atoms with Gasteiger partial charge in [0.2, 0.25) is 0 Å². The number of halogens is 1. The van der Waals surface area contributed by atoms with Gasteiger partial charge in [0, 0.05) is 32.7 Å². The summed E-state index contributed by atoms with van der Waals surface area (Å²) in [4.78, 5) is 9.57. The molecule has 7 nitrogen and oxygen atoms in total. The summed E-state index contributed by atoms with van der Waals surface area (Å²) >= 11 is 3.29. The van der Waals surface area contributed by atoms with Crippen LogP contribution in [0.3, 0.4) is 0 Å². The highest BCUT2D eigenvalue weighted by Crippen LogP contribution is 2.27. The molecule has 0 amide bonds. The monoisotopic (exact) mass is 311 g/mol. The first-order valence-corrected chi connectivity index (χ1v) is 5.92. The molecule has 0 aliphatic heterocycles. The summed E-state index contributed by atoms with van der Waals surface area (Å²) in [7, 11) is 0. The highest BCUT2D eigenvalue weighted by atomic mass is 79.9. The molecular weight excluding hydrogens is 302 g/mol. The summed E-state index contributed by atoms with van der Waals surface area (Å²) in [6, 6.07) is 1.79. The van der Waals surface area contributed by atoms with Crippen LogP contribution in [-0.2, 0) is 0 Å². The van der Waals surface area contributed by atoms with E-state index in [0.29, 0.717) is 16.6 Å². The Morgan fingerprint density at radius 1 is 1.56 bits per heavy atom. The highest BCUT2D eigenvalue weighted by molar-refractivity contribution is 9.10. The summed E-state index contributed by atoms with van der Waals surface area (Å²) in [6.07, 6.45) is 0.915. The van der Waals surface area contributed by atoms with Crippen molar-refractivity contribution in [2.45, 2.75) is 12.2 Å².